The van der Waals surface area contributed by atoms with Gasteiger partial charge in [0.05, 0.1) is 0 Å². The van der Waals surface area contributed by atoms with Crippen LogP contribution in [0.25, 0.3) is 0 Å². The first kappa shape index (κ1) is 15.9. The van der Waals surface area contributed by atoms with Gasteiger partial charge in [-0.15, -0.1) is 0 Å². The Bertz CT molecular complexity index is 1130. The molecule has 0 saturated heterocycles. The lowest BCUT2D eigenvalue weighted by Crippen LogP contribution is -2.33. The van der Waals surface area contributed by atoms with Gasteiger partial charge < -0.3 is 4.74 Å². The summed E-state index contributed by atoms with van der Waals surface area (Å²) in [5.41, 5.74) is 1.57. The van der Waals surface area contributed by atoms with E-state index in [0.29, 0.717) is 33.2 Å². The average molecular weight is 385 g/mol. The van der Waals surface area contributed by atoms with Crippen LogP contribution in [0.15, 0.2) is 65.6 Å². The molecule has 3 aromatic carbocycles. The minimum absolute atomic E-state index is 0.175. The van der Waals surface area contributed by atoms with E-state index in [9.17, 15) is 8.42 Å². The summed E-state index contributed by atoms with van der Waals surface area (Å²) in [5, 5.41) is 0.504. The smallest absolute Gasteiger partial charge is 0.298 e. The summed E-state index contributed by atoms with van der Waals surface area (Å²) in [5.74, 6) is 1.05. The number of aryl methyl sites for hydroxylation is 1. The SMILES string of the molecule is Cc1ccc2c(c1)Oc1cc(Cl)ccc1C21OS(=O)(=O)c2ccccc21. The summed E-state index contributed by atoms with van der Waals surface area (Å²) in [4.78, 5) is 0.175. The molecule has 0 aromatic heterocycles. The summed E-state index contributed by atoms with van der Waals surface area (Å²) in [6.45, 7) is 1.95. The van der Waals surface area contributed by atoms with Gasteiger partial charge in [-0.25, -0.2) is 4.18 Å². The molecule has 0 radical (unpaired) electrons. The van der Waals surface area contributed by atoms with E-state index in [1.807, 2.05) is 31.2 Å². The van der Waals surface area contributed by atoms with Gasteiger partial charge in [-0.3, -0.25) is 0 Å². The van der Waals surface area contributed by atoms with Crippen molar-refractivity contribution in [1.82, 2.24) is 0 Å². The van der Waals surface area contributed by atoms with E-state index >= 15 is 0 Å². The Kier molecular flexibility index (Phi) is 3.11. The molecule has 0 saturated carbocycles. The van der Waals surface area contributed by atoms with E-state index in [4.69, 9.17) is 20.5 Å². The van der Waals surface area contributed by atoms with Crippen molar-refractivity contribution >= 4 is 21.7 Å². The minimum Gasteiger partial charge on any atom is -0.456 e. The Hall–Kier alpha value is -2.34. The van der Waals surface area contributed by atoms with Crippen LogP contribution < -0.4 is 4.74 Å². The van der Waals surface area contributed by atoms with Gasteiger partial charge in [-0.1, -0.05) is 48.0 Å². The Morgan fingerprint density at radius 3 is 2.38 bits per heavy atom. The predicted octanol–water partition coefficient (Wildman–Crippen LogP) is 4.76. The third-order valence-electron chi connectivity index (χ3n) is 4.83. The third-order valence-corrected chi connectivity index (χ3v) is 6.43. The van der Waals surface area contributed by atoms with Crippen molar-refractivity contribution in [2.45, 2.75) is 17.4 Å². The molecule has 6 heteroatoms. The largest absolute Gasteiger partial charge is 0.456 e. The standard InChI is InChI=1S/C20H13ClO4S/c1-12-6-8-14-17(10-12)24-18-11-13(21)7-9-15(18)20(14)16-4-2-3-5-19(16)26(22,23)25-20/h2-11H,1H3. The number of halogens is 1. The van der Waals surface area contributed by atoms with E-state index < -0.39 is 15.7 Å². The average Bonchev–Trinajstić information content (AvgIpc) is 2.83. The van der Waals surface area contributed by atoms with Crippen molar-refractivity contribution in [1.29, 1.82) is 0 Å². The van der Waals surface area contributed by atoms with Crippen molar-refractivity contribution in [3.8, 4) is 11.5 Å². The van der Waals surface area contributed by atoms with Crippen LogP contribution in [0.1, 0.15) is 22.3 Å². The molecule has 1 atom stereocenters. The van der Waals surface area contributed by atoms with E-state index in [-0.39, 0.29) is 4.90 Å². The first-order chi connectivity index (χ1) is 12.4. The van der Waals surface area contributed by atoms with E-state index in [2.05, 4.69) is 0 Å². The van der Waals surface area contributed by atoms with Crippen LogP contribution in [-0.4, -0.2) is 8.42 Å². The number of ether oxygens (including phenoxy) is 1. The van der Waals surface area contributed by atoms with Crippen LogP contribution in [0.5, 0.6) is 11.5 Å². The Balaban J connectivity index is 1.95. The van der Waals surface area contributed by atoms with Gasteiger partial charge in [-0.2, -0.15) is 8.42 Å². The molecule has 1 unspecified atom stereocenters. The number of hydrogen-bond donors (Lipinski definition) is 0. The maximum absolute atomic E-state index is 12.8. The number of rotatable bonds is 0. The highest BCUT2D eigenvalue weighted by Gasteiger charge is 2.55. The zero-order chi connectivity index (χ0) is 18.1. The Labute approximate surface area is 156 Å². The van der Waals surface area contributed by atoms with E-state index in [1.165, 1.54) is 0 Å². The van der Waals surface area contributed by atoms with Crippen LogP contribution in [0, 0.1) is 6.92 Å². The molecule has 0 fully saturated rings. The molecule has 2 heterocycles. The molecule has 26 heavy (non-hydrogen) atoms. The molecule has 3 aromatic rings. The van der Waals surface area contributed by atoms with Gasteiger partial charge in [0.2, 0.25) is 0 Å². The molecule has 2 aliphatic rings. The topological polar surface area (TPSA) is 52.6 Å². The molecular formula is C20H13ClO4S. The quantitative estimate of drug-likeness (QED) is 0.524. The third kappa shape index (κ3) is 1.96. The molecule has 2 aliphatic heterocycles. The summed E-state index contributed by atoms with van der Waals surface area (Å²) >= 11 is 6.15. The van der Waals surface area contributed by atoms with Gasteiger partial charge in [0.1, 0.15) is 16.4 Å². The fourth-order valence-electron chi connectivity index (χ4n) is 3.75. The molecule has 5 rings (SSSR count). The fraction of sp³-hybridized carbons (Fsp3) is 0.100. The normalized spacial score (nSPS) is 21.6. The van der Waals surface area contributed by atoms with Crippen LogP contribution in [0.2, 0.25) is 5.02 Å². The monoisotopic (exact) mass is 384 g/mol. The molecule has 0 bridgehead atoms. The lowest BCUT2D eigenvalue weighted by Gasteiger charge is -2.36. The van der Waals surface area contributed by atoms with Gasteiger partial charge in [0.15, 0.2) is 5.60 Å². The Morgan fingerprint density at radius 1 is 0.885 bits per heavy atom. The zero-order valence-electron chi connectivity index (χ0n) is 13.7. The molecular weight excluding hydrogens is 372 g/mol. The fourth-order valence-corrected chi connectivity index (χ4v) is 5.33. The molecule has 0 aliphatic carbocycles. The molecule has 4 nitrogen and oxygen atoms in total. The van der Waals surface area contributed by atoms with Gasteiger partial charge >= 0.3 is 0 Å². The van der Waals surface area contributed by atoms with Crippen molar-refractivity contribution < 1.29 is 17.3 Å². The first-order valence-electron chi connectivity index (χ1n) is 8.06. The summed E-state index contributed by atoms with van der Waals surface area (Å²) in [6, 6.07) is 17.7. The second-order valence-corrected chi connectivity index (χ2v) is 8.41. The number of fused-ring (bicyclic) bond motifs is 6. The maximum atomic E-state index is 12.8. The lowest BCUT2D eigenvalue weighted by atomic mass is 9.78. The van der Waals surface area contributed by atoms with Crippen LogP contribution >= 0.6 is 11.6 Å². The zero-order valence-corrected chi connectivity index (χ0v) is 15.3. The van der Waals surface area contributed by atoms with Crippen molar-refractivity contribution in [2.75, 3.05) is 0 Å². The maximum Gasteiger partial charge on any atom is 0.298 e. The number of benzene rings is 3. The van der Waals surface area contributed by atoms with Gasteiger partial charge in [0.25, 0.3) is 10.1 Å². The van der Waals surface area contributed by atoms with Crippen LogP contribution in [0.3, 0.4) is 0 Å². The molecule has 0 amide bonds. The van der Waals surface area contributed by atoms with Gasteiger partial charge in [0, 0.05) is 21.7 Å². The molecule has 130 valence electrons. The lowest BCUT2D eigenvalue weighted by molar-refractivity contribution is 0.164. The van der Waals surface area contributed by atoms with E-state index in [1.54, 1.807) is 36.4 Å². The van der Waals surface area contributed by atoms with E-state index in [0.717, 1.165) is 5.56 Å². The Morgan fingerprint density at radius 2 is 1.58 bits per heavy atom. The molecule has 1 spiro atoms. The van der Waals surface area contributed by atoms with Crippen LogP contribution in [-0.2, 0) is 19.9 Å². The summed E-state index contributed by atoms with van der Waals surface area (Å²) in [7, 11) is -3.91. The summed E-state index contributed by atoms with van der Waals surface area (Å²) in [6.07, 6.45) is 0. The molecule has 0 N–H and O–H groups in total. The van der Waals surface area contributed by atoms with Crippen molar-refractivity contribution in [3.63, 3.8) is 0 Å². The highest BCUT2D eigenvalue weighted by Crippen LogP contribution is 2.58. The predicted molar refractivity (Wildman–Crippen MR) is 97.3 cm³/mol. The number of hydrogen-bond acceptors (Lipinski definition) is 4. The first-order valence-corrected chi connectivity index (χ1v) is 9.85. The van der Waals surface area contributed by atoms with Gasteiger partial charge in [-0.05, 0) is 36.8 Å². The van der Waals surface area contributed by atoms with Crippen LogP contribution in [0.4, 0.5) is 0 Å². The van der Waals surface area contributed by atoms with Crippen molar-refractivity contribution in [3.05, 3.63) is 87.9 Å². The minimum atomic E-state index is -3.91. The van der Waals surface area contributed by atoms with Crippen molar-refractivity contribution in [2.24, 2.45) is 0 Å². The highest BCUT2D eigenvalue weighted by molar-refractivity contribution is 7.87. The second kappa shape index (κ2) is 5.10. The summed E-state index contributed by atoms with van der Waals surface area (Å²) < 4.78 is 37.5. The highest BCUT2D eigenvalue weighted by atomic mass is 35.5. The second-order valence-electron chi connectivity index (χ2n) is 6.46.